The Hall–Kier alpha value is -1.61. The van der Waals surface area contributed by atoms with Gasteiger partial charge in [0.25, 0.3) is 0 Å². The van der Waals surface area contributed by atoms with Crippen LogP contribution in [0, 0.1) is 0 Å². The summed E-state index contributed by atoms with van der Waals surface area (Å²) in [4.78, 5) is 11.3. The number of halogens is 3. The third kappa shape index (κ3) is 4.99. The van der Waals surface area contributed by atoms with Crippen molar-refractivity contribution >= 4 is 15.9 Å². The summed E-state index contributed by atoms with van der Waals surface area (Å²) in [5.41, 5.74) is -0.944. The van der Waals surface area contributed by atoms with Crippen molar-refractivity contribution in [1.82, 2.24) is 10.0 Å². The molecule has 0 unspecified atom stereocenters. The van der Waals surface area contributed by atoms with Gasteiger partial charge < -0.3 is 5.32 Å². The van der Waals surface area contributed by atoms with E-state index in [4.69, 9.17) is 0 Å². The number of nitrogens with one attached hydrogen (secondary N) is 2. The first-order valence-corrected chi connectivity index (χ1v) is 8.03. The number of carbonyl (C=O) groups excluding carboxylic acids is 1. The second kappa shape index (κ2) is 7.10. The molecule has 0 aliphatic heterocycles. The van der Waals surface area contributed by atoms with Crippen molar-refractivity contribution in [1.29, 1.82) is 0 Å². The third-order valence-electron chi connectivity index (χ3n) is 2.77. The van der Waals surface area contributed by atoms with Gasteiger partial charge in [-0.15, -0.1) is 0 Å². The first-order chi connectivity index (χ1) is 10.1. The van der Waals surface area contributed by atoms with Gasteiger partial charge >= 0.3 is 6.18 Å². The molecule has 1 rings (SSSR count). The molecule has 0 aromatic heterocycles. The molecule has 22 heavy (non-hydrogen) atoms. The standard InChI is InChI=1S/C13H17F3N2O3S/c1-3-8-17-12(19)9(2)18-22(20,21)11-6-4-10(5-7-11)13(14,15)16/h4-7,9,18H,3,8H2,1-2H3,(H,17,19)/t9-/m0/s1. The number of sulfonamides is 1. The van der Waals surface area contributed by atoms with E-state index in [-0.39, 0.29) is 4.90 Å². The quantitative estimate of drug-likeness (QED) is 0.832. The molecule has 9 heteroatoms. The first-order valence-electron chi connectivity index (χ1n) is 6.55. The summed E-state index contributed by atoms with van der Waals surface area (Å²) < 4.78 is 63.4. The fourth-order valence-electron chi connectivity index (χ4n) is 1.58. The van der Waals surface area contributed by atoms with Crippen LogP contribution in [0.2, 0.25) is 0 Å². The van der Waals surface area contributed by atoms with E-state index in [1.165, 1.54) is 6.92 Å². The Balaban J connectivity index is 2.84. The molecule has 0 aliphatic carbocycles. The molecule has 0 heterocycles. The van der Waals surface area contributed by atoms with Crippen molar-refractivity contribution < 1.29 is 26.4 Å². The monoisotopic (exact) mass is 338 g/mol. The van der Waals surface area contributed by atoms with E-state index in [9.17, 15) is 26.4 Å². The average molecular weight is 338 g/mol. The minimum Gasteiger partial charge on any atom is -0.355 e. The van der Waals surface area contributed by atoms with E-state index in [1.807, 2.05) is 6.92 Å². The highest BCUT2D eigenvalue weighted by Gasteiger charge is 2.31. The Kier molecular flexibility index (Phi) is 5.95. The number of benzene rings is 1. The summed E-state index contributed by atoms with van der Waals surface area (Å²) in [5, 5.41) is 2.52. The molecule has 2 N–H and O–H groups in total. The van der Waals surface area contributed by atoms with E-state index in [1.54, 1.807) is 0 Å². The maximum atomic E-state index is 12.4. The molecule has 0 aliphatic rings. The molecule has 0 bridgehead atoms. The molecule has 0 radical (unpaired) electrons. The van der Waals surface area contributed by atoms with Crippen molar-refractivity contribution in [3.05, 3.63) is 29.8 Å². The van der Waals surface area contributed by atoms with E-state index in [0.717, 1.165) is 12.1 Å². The Bertz CT molecular complexity index is 612. The highest BCUT2D eigenvalue weighted by molar-refractivity contribution is 7.89. The largest absolute Gasteiger partial charge is 0.416 e. The Morgan fingerprint density at radius 2 is 1.77 bits per heavy atom. The van der Waals surface area contributed by atoms with Gasteiger partial charge in [0.1, 0.15) is 0 Å². The van der Waals surface area contributed by atoms with E-state index >= 15 is 0 Å². The number of alkyl halides is 3. The van der Waals surface area contributed by atoms with Crippen LogP contribution < -0.4 is 10.0 Å². The second-order valence-electron chi connectivity index (χ2n) is 4.66. The lowest BCUT2D eigenvalue weighted by atomic mass is 10.2. The predicted octanol–water partition coefficient (Wildman–Crippen LogP) is 1.90. The summed E-state index contributed by atoms with van der Waals surface area (Å²) in [6, 6.07) is 2.02. The van der Waals surface area contributed by atoms with Crippen molar-refractivity contribution in [3.63, 3.8) is 0 Å². The Labute approximate surface area is 127 Å². The smallest absolute Gasteiger partial charge is 0.355 e. The molecule has 0 spiro atoms. The van der Waals surface area contributed by atoms with Crippen molar-refractivity contribution in [2.45, 2.75) is 37.4 Å². The van der Waals surface area contributed by atoms with Gasteiger partial charge in [-0.05, 0) is 37.6 Å². The minimum absolute atomic E-state index is 0.337. The van der Waals surface area contributed by atoms with E-state index in [2.05, 4.69) is 10.0 Å². The van der Waals surface area contributed by atoms with Crippen LogP contribution in [0.1, 0.15) is 25.8 Å². The van der Waals surface area contributed by atoms with Crippen LogP contribution in [0.3, 0.4) is 0 Å². The number of hydrogen-bond donors (Lipinski definition) is 2. The van der Waals surface area contributed by atoms with Crippen LogP contribution in [0.5, 0.6) is 0 Å². The minimum atomic E-state index is -4.54. The normalized spacial score (nSPS) is 13.7. The maximum absolute atomic E-state index is 12.4. The first kappa shape index (κ1) is 18.4. The van der Waals surface area contributed by atoms with Crippen LogP contribution >= 0.6 is 0 Å². The summed E-state index contributed by atoms with van der Waals surface area (Å²) in [6.07, 6.45) is -3.84. The SMILES string of the molecule is CCCNC(=O)[C@H](C)NS(=O)(=O)c1ccc(C(F)(F)F)cc1. The van der Waals surface area contributed by atoms with Gasteiger partial charge in [0, 0.05) is 6.54 Å². The molecule has 1 aromatic rings. The molecule has 5 nitrogen and oxygen atoms in total. The van der Waals surface area contributed by atoms with Crippen molar-refractivity contribution in [2.24, 2.45) is 0 Å². The van der Waals surface area contributed by atoms with Gasteiger partial charge in [-0.25, -0.2) is 8.42 Å². The molecular weight excluding hydrogens is 321 g/mol. The zero-order chi connectivity index (χ0) is 17.0. The second-order valence-corrected chi connectivity index (χ2v) is 6.37. The van der Waals surface area contributed by atoms with Gasteiger partial charge in [-0.1, -0.05) is 6.92 Å². The van der Waals surface area contributed by atoms with Gasteiger partial charge in [-0.3, -0.25) is 4.79 Å². The van der Waals surface area contributed by atoms with Gasteiger partial charge in [0.05, 0.1) is 16.5 Å². The maximum Gasteiger partial charge on any atom is 0.416 e. The fraction of sp³-hybridized carbons (Fsp3) is 0.462. The highest BCUT2D eigenvalue weighted by atomic mass is 32.2. The van der Waals surface area contributed by atoms with Crippen LogP contribution in [-0.4, -0.2) is 26.9 Å². The number of hydrogen-bond acceptors (Lipinski definition) is 3. The fourth-order valence-corrected chi connectivity index (χ4v) is 2.78. The number of carbonyl (C=O) groups is 1. The third-order valence-corrected chi connectivity index (χ3v) is 4.32. The summed E-state index contributed by atoms with van der Waals surface area (Å²) in [5.74, 6) is -0.502. The topological polar surface area (TPSA) is 75.3 Å². The zero-order valence-electron chi connectivity index (χ0n) is 12.1. The number of rotatable bonds is 6. The average Bonchev–Trinajstić information content (AvgIpc) is 2.43. The predicted molar refractivity (Wildman–Crippen MR) is 74.5 cm³/mol. The summed E-state index contributed by atoms with van der Waals surface area (Å²) in [6.45, 7) is 3.61. The molecule has 0 saturated heterocycles. The highest BCUT2D eigenvalue weighted by Crippen LogP contribution is 2.29. The van der Waals surface area contributed by atoms with Crippen LogP contribution in [0.4, 0.5) is 13.2 Å². The zero-order valence-corrected chi connectivity index (χ0v) is 12.9. The molecule has 1 aromatic carbocycles. The lowest BCUT2D eigenvalue weighted by Crippen LogP contribution is -2.44. The molecule has 124 valence electrons. The molecular formula is C13H17F3N2O3S. The Morgan fingerprint density at radius 3 is 2.23 bits per heavy atom. The lowest BCUT2D eigenvalue weighted by molar-refractivity contribution is -0.137. The Morgan fingerprint density at radius 1 is 1.23 bits per heavy atom. The summed E-state index contributed by atoms with van der Waals surface area (Å²) in [7, 11) is -4.07. The van der Waals surface area contributed by atoms with Crippen LogP contribution in [0.15, 0.2) is 29.2 Å². The molecule has 1 amide bonds. The van der Waals surface area contributed by atoms with Crippen molar-refractivity contribution in [3.8, 4) is 0 Å². The van der Waals surface area contributed by atoms with Crippen LogP contribution in [0.25, 0.3) is 0 Å². The van der Waals surface area contributed by atoms with Gasteiger partial charge in [0.15, 0.2) is 0 Å². The van der Waals surface area contributed by atoms with Crippen LogP contribution in [-0.2, 0) is 21.0 Å². The van der Waals surface area contributed by atoms with E-state index in [0.29, 0.717) is 25.1 Å². The molecule has 0 saturated carbocycles. The van der Waals surface area contributed by atoms with Gasteiger partial charge in [-0.2, -0.15) is 17.9 Å². The molecule has 0 fully saturated rings. The lowest BCUT2D eigenvalue weighted by Gasteiger charge is -2.14. The van der Waals surface area contributed by atoms with Gasteiger partial charge in [0.2, 0.25) is 15.9 Å². The number of amides is 1. The van der Waals surface area contributed by atoms with Crippen molar-refractivity contribution in [2.75, 3.05) is 6.54 Å². The molecule has 1 atom stereocenters. The summed E-state index contributed by atoms with van der Waals surface area (Å²) >= 11 is 0. The van der Waals surface area contributed by atoms with E-state index < -0.39 is 33.7 Å².